The molecule has 1 aromatic heterocycles. The van der Waals surface area contributed by atoms with Gasteiger partial charge in [0.05, 0.1) is 18.9 Å². The third-order valence-electron chi connectivity index (χ3n) is 2.97. The van der Waals surface area contributed by atoms with Crippen LogP contribution >= 0.6 is 11.8 Å². The summed E-state index contributed by atoms with van der Waals surface area (Å²) in [5.41, 5.74) is 0.997. The molecule has 1 aromatic carbocycles. The number of carbonyl (C=O) groups excluding carboxylic acids is 1. The number of nitrogens with one attached hydrogen (secondary N) is 1. The van der Waals surface area contributed by atoms with Crippen molar-refractivity contribution in [3.8, 4) is 5.75 Å². The van der Waals surface area contributed by atoms with Crippen LogP contribution in [0.15, 0.2) is 53.7 Å². The molecule has 0 aliphatic carbocycles. The molecule has 2 rings (SSSR count). The van der Waals surface area contributed by atoms with E-state index in [4.69, 9.17) is 4.74 Å². The van der Waals surface area contributed by atoms with Gasteiger partial charge in [-0.2, -0.15) is 0 Å². The third kappa shape index (κ3) is 4.79. The molecule has 0 spiro atoms. The predicted octanol–water partition coefficient (Wildman–Crippen LogP) is 3.06. The molecule has 0 fully saturated rings. The Labute approximate surface area is 128 Å². The quantitative estimate of drug-likeness (QED) is 0.833. The van der Waals surface area contributed by atoms with Gasteiger partial charge in [-0.05, 0) is 36.8 Å². The van der Waals surface area contributed by atoms with Gasteiger partial charge in [0.25, 0.3) is 0 Å². The molecular formula is C16H18N2O2S. The van der Waals surface area contributed by atoms with Crippen molar-refractivity contribution in [2.75, 3.05) is 12.9 Å². The average Bonchev–Trinajstić information content (AvgIpc) is 2.54. The molecule has 1 heterocycles. The Bertz CT molecular complexity index is 590. The number of rotatable bonds is 6. The van der Waals surface area contributed by atoms with E-state index in [2.05, 4.69) is 10.3 Å². The molecule has 4 nitrogen and oxygen atoms in total. The number of pyridine rings is 1. The number of methoxy groups -OCH3 is 1. The Balaban J connectivity index is 1.84. The maximum atomic E-state index is 12.0. The minimum absolute atomic E-state index is 0.000766. The summed E-state index contributed by atoms with van der Waals surface area (Å²) in [6.45, 7) is 1.95. The lowest BCUT2D eigenvalue weighted by Crippen LogP contribution is -2.28. The zero-order valence-electron chi connectivity index (χ0n) is 12.1. The van der Waals surface area contributed by atoms with Gasteiger partial charge in [-0.3, -0.25) is 9.78 Å². The van der Waals surface area contributed by atoms with Crippen LogP contribution in [-0.2, 0) is 4.79 Å². The van der Waals surface area contributed by atoms with E-state index in [1.165, 1.54) is 11.8 Å². The number of hydrogen-bond acceptors (Lipinski definition) is 4. The van der Waals surface area contributed by atoms with Crippen molar-refractivity contribution in [3.63, 3.8) is 0 Å². The summed E-state index contributed by atoms with van der Waals surface area (Å²) >= 11 is 1.49. The molecule has 0 aliphatic heterocycles. The van der Waals surface area contributed by atoms with E-state index in [9.17, 15) is 4.79 Å². The van der Waals surface area contributed by atoms with Gasteiger partial charge in [0, 0.05) is 17.3 Å². The molecule has 110 valence electrons. The van der Waals surface area contributed by atoms with Gasteiger partial charge in [-0.25, -0.2) is 0 Å². The second kappa shape index (κ2) is 7.69. The summed E-state index contributed by atoms with van der Waals surface area (Å²) in [6, 6.07) is 11.5. The SMILES string of the molecule is COc1cccc(SCC(=O)N[C@H](C)c2cccnc2)c1. The van der Waals surface area contributed by atoms with Crippen molar-refractivity contribution >= 4 is 17.7 Å². The van der Waals surface area contributed by atoms with Crippen LogP contribution < -0.4 is 10.1 Å². The first-order valence-corrected chi connectivity index (χ1v) is 7.63. The largest absolute Gasteiger partial charge is 0.497 e. The normalized spacial score (nSPS) is 11.7. The Morgan fingerprint density at radius 2 is 2.24 bits per heavy atom. The number of hydrogen-bond donors (Lipinski definition) is 1. The maximum absolute atomic E-state index is 12.0. The van der Waals surface area contributed by atoms with Gasteiger partial charge in [0.15, 0.2) is 0 Å². The first-order chi connectivity index (χ1) is 10.2. The van der Waals surface area contributed by atoms with E-state index in [-0.39, 0.29) is 11.9 Å². The first kappa shape index (κ1) is 15.4. The van der Waals surface area contributed by atoms with Gasteiger partial charge < -0.3 is 10.1 Å². The lowest BCUT2D eigenvalue weighted by molar-refractivity contribution is -0.119. The highest BCUT2D eigenvalue weighted by Crippen LogP contribution is 2.22. The zero-order valence-corrected chi connectivity index (χ0v) is 12.9. The van der Waals surface area contributed by atoms with E-state index >= 15 is 0 Å². The molecule has 0 bridgehead atoms. The third-order valence-corrected chi connectivity index (χ3v) is 3.97. The topological polar surface area (TPSA) is 51.2 Å². The van der Waals surface area contributed by atoms with E-state index in [1.54, 1.807) is 19.5 Å². The molecule has 0 radical (unpaired) electrons. The van der Waals surface area contributed by atoms with Crippen LogP contribution in [0.2, 0.25) is 0 Å². The average molecular weight is 302 g/mol. The van der Waals surface area contributed by atoms with E-state index in [0.29, 0.717) is 5.75 Å². The van der Waals surface area contributed by atoms with Crippen molar-refractivity contribution in [3.05, 3.63) is 54.4 Å². The molecule has 0 saturated carbocycles. The molecule has 2 aromatic rings. The van der Waals surface area contributed by atoms with Gasteiger partial charge in [0.1, 0.15) is 5.75 Å². The minimum atomic E-state index is -0.0443. The van der Waals surface area contributed by atoms with Crippen LogP contribution in [0.3, 0.4) is 0 Å². The molecule has 1 N–H and O–H groups in total. The summed E-state index contributed by atoms with van der Waals surface area (Å²) in [5.74, 6) is 1.17. The number of nitrogens with zero attached hydrogens (tertiary/aromatic N) is 1. The summed E-state index contributed by atoms with van der Waals surface area (Å²) < 4.78 is 5.16. The molecule has 0 saturated heterocycles. The van der Waals surface area contributed by atoms with E-state index < -0.39 is 0 Å². The number of carbonyl (C=O) groups is 1. The smallest absolute Gasteiger partial charge is 0.230 e. The highest BCUT2D eigenvalue weighted by atomic mass is 32.2. The van der Waals surface area contributed by atoms with Crippen LogP contribution in [-0.4, -0.2) is 23.8 Å². The van der Waals surface area contributed by atoms with Gasteiger partial charge in [0.2, 0.25) is 5.91 Å². The minimum Gasteiger partial charge on any atom is -0.497 e. The maximum Gasteiger partial charge on any atom is 0.230 e. The standard InChI is InChI=1S/C16H18N2O2S/c1-12(13-5-4-8-17-10-13)18-16(19)11-21-15-7-3-6-14(9-15)20-2/h3-10,12H,11H2,1-2H3,(H,18,19)/t12-/m1/s1. The Morgan fingerprint density at radius 3 is 2.95 bits per heavy atom. The lowest BCUT2D eigenvalue weighted by atomic mass is 10.1. The number of thioether (sulfide) groups is 1. The molecule has 1 atom stereocenters. The Morgan fingerprint density at radius 1 is 1.38 bits per heavy atom. The van der Waals surface area contributed by atoms with Crippen molar-refractivity contribution in [1.82, 2.24) is 10.3 Å². The number of amides is 1. The fraction of sp³-hybridized carbons (Fsp3) is 0.250. The van der Waals surface area contributed by atoms with Crippen molar-refractivity contribution in [2.45, 2.75) is 17.9 Å². The lowest BCUT2D eigenvalue weighted by Gasteiger charge is -2.13. The van der Waals surface area contributed by atoms with Crippen molar-refractivity contribution < 1.29 is 9.53 Å². The summed E-state index contributed by atoms with van der Waals surface area (Å²) in [6.07, 6.45) is 3.48. The Kier molecular flexibility index (Phi) is 5.63. The molecule has 21 heavy (non-hydrogen) atoms. The molecule has 0 unspecified atom stereocenters. The summed E-state index contributed by atoms with van der Waals surface area (Å²) in [7, 11) is 1.63. The van der Waals surface area contributed by atoms with Crippen LogP contribution in [0.1, 0.15) is 18.5 Å². The van der Waals surface area contributed by atoms with Crippen LogP contribution in [0, 0.1) is 0 Å². The van der Waals surface area contributed by atoms with Crippen LogP contribution in [0.4, 0.5) is 0 Å². The molecular weight excluding hydrogens is 284 g/mol. The van der Waals surface area contributed by atoms with E-state index in [1.807, 2.05) is 43.3 Å². The van der Waals surface area contributed by atoms with Crippen LogP contribution in [0.25, 0.3) is 0 Å². The van der Waals surface area contributed by atoms with Gasteiger partial charge in [-0.15, -0.1) is 11.8 Å². The highest BCUT2D eigenvalue weighted by Gasteiger charge is 2.10. The Hall–Kier alpha value is -2.01. The predicted molar refractivity (Wildman–Crippen MR) is 84.5 cm³/mol. The van der Waals surface area contributed by atoms with Crippen molar-refractivity contribution in [2.24, 2.45) is 0 Å². The fourth-order valence-corrected chi connectivity index (χ4v) is 2.59. The van der Waals surface area contributed by atoms with Crippen molar-refractivity contribution in [1.29, 1.82) is 0 Å². The van der Waals surface area contributed by atoms with Gasteiger partial charge in [-0.1, -0.05) is 12.1 Å². The molecule has 0 aliphatic rings. The summed E-state index contributed by atoms with van der Waals surface area (Å²) in [5, 5.41) is 2.96. The first-order valence-electron chi connectivity index (χ1n) is 6.65. The zero-order chi connectivity index (χ0) is 15.1. The number of aromatic nitrogens is 1. The second-order valence-electron chi connectivity index (χ2n) is 4.54. The fourth-order valence-electron chi connectivity index (χ4n) is 1.84. The van der Waals surface area contributed by atoms with E-state index in [0.717, 1.165) is 16.2 Å². The van der Waals surface area contributed by atoms with Crippen LogP contribution in [0.5, 0.6) is 5.75 Å². The molecule has 5 heteroatoms. The summed E-state index contributed by atoms with van der Waals surface area (Å²) in [4.78, 5) is 17.0. The van der Waals surface area contributed by atoms with Gasteiger partial charge >= 0.3 is 0 Å². The molecule has 1 amide bonds. The highest BCUT2D eigenvalue weighted by molar-refractivity contribution is 8.00. The number of benzene rings is 1. The second-order valence-corrected chi connectivity index (χ2v) is 5.59. The number of ether oxygens (including phenoxy) is 1. The monoisotopic (exact) mass is 302 g/mol.